The molecule has 0 saturated carbocycles. The van der Waals surface area contributed by atoms with Crippen LogP contribution in [-0.2, 0) is 7.05 Å². The standard InChI is InChI=1S/C17H15N5O2/c1-10-5-16(22(2)21-10)19-13-6-12(8-18-9-13)11-3-4-14-15(7-11)24-17(23)20-14/h3-9,19H,1-2H3,(H,20,23). The summed E-state index contributed by atoms with van der Waals surface area (Å²) in [7, 11) is 1.88. The molecule has 0 fully saturated rings. The number of nitrogens with one attached hydrogen (secondary N) is 2. The van der Waals surface area contributed by atoms with Crippen LogP contribution in [0.3, 0.4) is 0 Å². The maximum absolute atomic E-state index is 11.3. The van der Waals surface area contributed by atoms with Crippen molar-refractivity contribution in [1.29, 1.82) is 0 Å². The van der Waals surface area contributed by atoms with Crippen LogP contribution in [0.25, 0.3) is 22.2 Å². The number of nitrogens with zero attached hydrogens (tertiary/aromatic N) is 3. The predicted molar refractivity (Wildman–Crippen MR) is 91.3 cm³/mol. The van der Waals surface area contributed by atoms with Crippen molar-refractivity contribution in [2.75, 3.05) is 5.32 Å². The highest BCUT2D eigenvalue weighted by atomic mass is 16.4. The Morgan fingerprint density at radius 3 is 2.83 bits per heavy atom. The van der Waals surface area contributed by atoms with Gasteiger partial charge in [0.1, 0.15) is 5.82 Å². The van der Waals surface area contributed by atoms with Gasteiger partial charge in [-0.05, 0) is 30.7 Å². The van der Waals surface area contributed by atoms with E-state index in [2.05, 4.69) is 20.4 Å². The number of rotatable bonds is 3. The summed E-state index contributed by atoms with van der Waals surface area (Å²) in [5, 5.41) is 7.62. The number of oxazole rings is 1. The van der Waals surface area contributed by atoms with Crippen molar-refractivity contribution in [1.82, 2.24) is 19.7 Å². The maximum atomic E-state index is 11.3. The molecule has 0 saturated heterocycles. The number of hydrogen-bond acceptors (Lipinski definition) is 5. The molecule has 0 aliphatic rings. The minimum atomic E-state index is -0.456. The van der Waals surface area contributed by atoms with Gasteiger partial charge in [-0.3, -0.25) is 14.6 Å². The lowest BCUT2D eigenvalue weighted by molar-refractivity contribution is 0.555. The summed E-state index contributed by atoms with van der Waals surface area (Å²) in [5.74, 6) is 0.431. The molecule has 1 aromatic carbocycles. The highest BCUT2D eigenvalue weighted by molar-refractivity contribution is 5.80. The Morgan fingerprint density at radius 1 is 1.17 bits per heavy atom. The minimum absolute atomic E-state index is 0.456. The Balaban J connectivity index is 1.70. The van der Waals surface area contributed by atoms with Crippen molar-refractivity contribution in [3.05, 3.63) is 59.0 Å². The first-order valence-corrected chi connectivity index (χ1v) is 7.44. The van der Waals surface area contributed by atoms with E-state index in [1.807, 2.05) is 44.3 Å². The summed E-state index contributed by atoms with van der Waals surface area (Å²) in [5.41, 5.74) is 4.84. The Bertz CT molecular complexity index is 1090. The zero-order valence-corrected chi connectivity index (χ0v) is 13.2. The van der Waals surface area contributed by atoms with Gasteiger partial charge in [0.15, 0.2) is 5.58 Å². The van der Waals surface area contributed by atoms with Crippen LogP contribution in [0.4, 0.5) is 11.5 Å². The van der Waals surface area contributed by atoms with Crippen molar-refractivity contribution in [2.45, 2.75) is 6.92 Å². The van der Waals surface area contributed by atoms with Gasteiger partial charge in [-0.2, -0.15) is 5.10 Å². The Kier molecular flexibility index (Phi) is 3.19. The lowest BCUT2D eigenvalue weighted by atomic mass is 10.1. The van der Waals surface area contributed by atoms with Crippen LogP contribution in [0, 0.1) is 6.92 Å². The second kappa shape index (κ2) is 5.38. The van der Waals surface area contributed by atoms with Crippen LogP contribution in [-0.4, -0.2) is 19.7 Å². The van der Waals surface area contributed by atoms with Crippen molar-refractivity contribution < 1.29 is 4.42 Å². The molecule has 3 heterocycles. The molecule has 0 spiro atoms. The molecule has 0 amide bonds. The third kappa shape index (κ3) is 2.56. The summed E-state index contributed by atoms with van der Waals surface area (Å²) in [6.45, 7) is 1.94. The van der Waals surface area contributed by atoms with Crippen LogP contribution in [0.5, 0.6) is 0 Å². The van der Waals surface area contributed by atoms with Crippen LogP contribution < -0.4 is 11.1 Å². The van der Waals surface area contributed by atoms with Crippen molar-refractivity contribution >= 4 is 22.6 Å². The monoisotopic (exact) mass is 321 g/mol. The number of aryl methyl sites for hydroxylation is 2. The molecule has 7 heteroatoms. The maximum Gasteiger partial charge on any atom is 0.417 e. The van der Waals surface area contributed by atoms with Crippen molar-refractivity contribution in [3.63, 3.8) is 0 Å². The fourth-order valence-electron chi connectivity index (χ4n) is 2.67. The molecule has 0 bridgehead atoms. The average molecular weight is 321 g/mol. The normalized spacial score (nSPS) is 11.1. The van der Waals surface area contributed by atoms with Gasteiger partial charge in [-0.25, -0.2) is 4.79 Å². The second-order valence-electron chi connectivity index (χ2n) is 5.61. The van der Waals surface area contributed by atoms with E-state index in [0.29, 0.717) is 11.1 Å². The number of fused-ring (bicyclic) bond motifs is 1. The SMILES string of the molecule is Cc1cc(Nc2cncc(-c3ccc4[nH]c(=O)oc4c3)c2)n(C)n1. The fraction of sp³-hybridized carbons (Fsp3) is 0.118. The van der Waals surface area contributed by atoms with Crippen molar-refractivity contribution in [2.24, 2.45) is 7.05 Å². The largest absolute Gasteiger partial charge is 0.417 e. The summed E-state index contributed by atoms with van der Waals surface area (Å²) >= 11 is 0. The van der Waals surface area contributed by atoms with E-state index in [4.69, 9.17) is 4.42 Å². The molecule has 3 aromatic heterocycles. The minimum Gasteiger partial charge on any atom is -0.408 e. The number of pyridine rings is 1. The van der Waals surface area contributed by atoms with Gasteiger partial charge < -0.3 is 9.73 Å². The number of anilines is 2. The molecule has 0 aliphatic heterocycles. The summed E-state index contributed by atoms with van der Waals surface area (Å²) in [4.78, 5) is 18.2. The van der Waals surface area contributed by atoms with E-state index in [1.54, 1.807) is 17.1 Å². The van der Waals surface area contributed by atoms with E-state index in [0.717, 1.165) is 28.3 Å². The van der Waals surface area contributed by atoms with E-state index >= 15 is 0 Å². The summed E-state index contributed by atoms with van der Waals surface area (Å²) in [6.07, 6.45) is 3.52. The van der Waals surface area contributed by atoms with Gasteiger partial charge in [0, 0.05) is 24.9 Å². The molecular weight excluding hydrogens is 306 g/mol. The molecule has 0 aliphatic carbocycles. The quantitative estimate of drug-likeness (QED) is 0.605. The third-order valence-electron chi connectivity index (χ3n) is 3.77. The number of H-pyrrole nitrogens is 1. The van der Waals surface area contributed by atoms with E-state index < -0.39 is 5.76 Å². The van der Waals surface area contributed by atoms with Crippen LogP contribution in [0.1, 0.15) is 5.69 Å². The first kappa shape index (κ1) is 14.3. The van der Waals surface area contributed by atoms with Gasteiger partial charge in [-0.1, -0.05) is 6.07 Å². The molecule has 0 radical (unpaired) electrons. The number of aromatic amines is 1. The van der Waals surface area contributed by atoms with Gasteiger partial charge in [0.25, 0.3) is 0 Å². The third-order valence-corrected chi connectivity index (χ3v) is 3.77. The van der Waals surface area contributed by atoms with E-state index in [9.17, 15) is 4.79 Å². The highest BCUT2D eigenvalue weighted by Gasteiger charge is 2.07. The first-order chi connectivity index (χ1) is 11.6. The molecule has 4 aromatic rings. The van der Waals surface area contributed by atoms with Crippen LogP contribution in [0.15, 0.2) is 51.9 Å². The molecule has 7 nitrogen and oxygen atoms in total. The number of aromatic nitrogens is 4. The molecule has 0 unspecified atom stereocenters. The first-order valence-electron chi connectivity index (χ1n) is 7.44. The molecular formula is C17H15N5O2. The predicted octanol–water partition coefficient (Wildman–Crippen LogP) is 2.97. The number of benzene rings is 1. The van der Waals surface area contributed by atoms with Gasteiger partial charge >= 0.3 is 5.76 Å². The Labute approximate surface area is 137 Å². The van der Waals surface area contributed by atoms with Gasteiger partial charge in [-0.15, -0.1) is 0 Å². The molecule has 0 atom stereocenters. The molecule has 24 heavy (non-hydrogen) atoms. The lowest BCUT2D eigenvalue weighted by Gasteiger charge is -2.08. The zero-order chi connectivity index (χ0) is 16.7. The number of hydrogen-bond donors (Lipinski definition) is 2. The zero-order valence-electron chi connectivity index (χ0n) is 13.2. The van der Waals surface area contributed by atoms with E-state index in [-0.39, 0.29) is 0 Å². The highest BCUT2D eigenvalue weighted by Crippen LogP contribution is 2.26. The smallest absolute Gasteiger partial charge is 0.408 e. The van der Waals surface area contributed by atoms with Gasteiger partial charge in [0.05, 0.1) is 23.1 Å². The van der Waals surface area contributed by atoms with Crippen LogP contribution >= 0.6 is 0 Å². The molecule has 2 N–H and O–H groups in total. The average Bonchev–Trinajstić information content (AvgIpc) is 3.07. The fourth-order valence-corrected chi connectivity index (χ4v) is 2.67. The summed E-state index contributed by atoms with van der Waals surface area (Å²) < 4.78 is 6.90. The van der Waals surface area contributed by atoms with Crippen LogP contribution in [0.2, 0.25) is 0 Å². The van der Waals surface area contributed by atoms with Crippen molar-refractivity contribution in [3.8, 4) is 11.1 Å². The molecule has 4 rings (SSSR count). The Morgan fingerprint density at radius 2 is 2.04 bits per heavy atom. The van der Waals surface area contributed by atoms with Gasteiger partial charge in [0.2, 0.25) is 0 Å². The van der Waals surface area contributed by atoms with E-state index in [1.165, 1.54) is 0 Å². The molecule has 120 valence electrons. The second-order valence-corrected chi connectivity index (χ2v) is 5.61. The topological polar surface area (TPSA) is 88.7 Å². The summed E-state index contributed by atoms with van der Waals surface area (Å²) in [6, 6.07) is 9.51. The lowest BCUT2D eigenvalue weighted by Crippen LogP contribution is -1.99. The Hall–Kier alpha value is -3.35.